The monoisotopic (exact) mass is 113 g/mol. The van der Waals surface area contributed by atoms with Crippen molar-refractivity contribution in [3.63, 3.8) is 0 Å². The Kier molecular flexibility index (Phi) is 59.1. The summed E-state index contributed by atoms with van der Waals surface area (Å²) in [6.07, 6.45) is 0. The number of hydrogen-bond donors (Lipinski definition) is 0. The molecule has 0 radical (unpaired) electrons. The van der Waals surface area contributed by atoms with Crippen LogP contribution in [0, 0.1) is 15.3 Å². The van der Waals surface area contributed by atoms with Crippen molar-refractivity contribution in [1.29, 1.82) is 0 Å². The van der Waals surface area contributed by atoms with Crippen molar-refractivity contribution in [2.45, 2.75) is 0 Å². The molecule has 0 unspecified atom stereocenters. The summed E-state index contributed by atoms with van der Waals surface area (Å²) in [4.78, 5) is 8.25. The molecule has 7 heteroatoms. The molecule has 0 bridgehead atoms. The van der Waals surface area contributed by atoms with Crippen molar-refractivity contribution in [3.05, 3.63) is 15.3 Å². The zero-order valence-electron chi connectivity index (χ0n) is 5.88. The van der Waals surface area contributed by atoms with Gasteiger partial charge >= 0.3 is 41.9 Å². The predicted octanol–water partition coefficient (Wildman–Crippen LogP) is -4.22. The van der Waals surface area contributed by atoms with Crippen LogP contribution in [-0.2, 0) is 0 Å². The first kappa shape index (κ1) is 25.8. The van der Waals surface area contributed by atoms with Crippen molar-refractivity contribution in [2.75, 3.05) is 0 Å². The van der Waals surface area contributed by atoms with Gasteiger partial charge in [-0.25, -0.2) is 0 Å². The average molecular weight is 113 g/mol. The first-order chi connectivity index (χ1) is 1.73. The second kappa shape index (κ2) is 16.0. The van der Waals surface area contributed by atoms with E-state index < -0.39 is 5.09 Å². The Morgan fingerprint density at radius 2 is 1.43 bits per heavy atom. The van der Waals surface area contributed by atoms with Crippen LogP contribution in [0.1, 0.15) is 2.85 Å². The Morgan fingerprint density at radius 1 is 1.43 bits per heavy atom. The molecule has 5 nitrogen and oxygen atoms in total. The molecular weight excluding hydrogens is 109 g/mol. The number of hydrogen-bond acceptors (Lipinski definition) is 3. The quantitative estimate of drug-likeness (QED) is 0.181. The maximum Gasteiger partial charge on any atom is 2.00 e. The molecule has 0 saturated heterocycles. The Hall–Kier alpha value is 0.524. The molecule has 7 heavy (non-hydrogen) atoms. The van der Waals surface area contributed by atoms with Crippen LogP contribution < -0.4 is 18.9 Å². The molecule has 0 heterocycles. The van der Waals surface area contributed by atoms with Crippen LogP contribution in [0.25, 0.3) is 0 Å². The van der Waals surface area contributed by atoms with Gasteiger partial charge in [-0.05, 0) is 0 Å². The summed E-state index contributed by atoms with van der Waals surface area (Å²) >= 11 is 0. The van der Waals surface area contributed by atoms with E-state index in [9.17, 15) is 0 Å². The van der Waals surface area contributed by atoms with E-state index in [4.69, 9.17) is 15.3 Å². The largest absolute Gasteiger partial charge is 2.00 e. The molecule has 0 fully saturated rings. The standard InChI is InChI=1S/Li.Mg.NO3.H2O.2H/c;;2-1(3)4;;;/h;;;1H2;;/q+1;+2;-1;;2*-1. The summed E-state index contributed by atoms with van der Waals surface area (Å²) in [5, 5.41) is 14.8. The molecule has 0 atom stereocenters. The first-order valence-corrected chi connectivity index (χ1v) is 0.548. The van der Waals surface area contributed by atoms with E-state index in [1.54, 1.807) is 0 Å². The molecule has 0 aliphatic carbocycles. The fraction of sp³-hybridized carbons (Fsp3) is 0. The van der Waals surface area contributed by atoms with Crippen LogP contribution in [-0.4, -0.2) is 33.6 Å². The van der Waals surface area contributed by atoms with Gasteiger partial charge in [-0.1, -0.05) is 0 Å². The third kappa shape index (κ3) is 487. The molecular formula is H4LiMgNO4. The van der Waals surface area contributed by atoms with Gasteiger partial charge in [-0.2, -0.15) is 0 Å². The molecule has 0 aliphatic heterocycles. The summed E-state index contributed by atoms with van der Waals surface area (Å²) in [7, 11) is 0. The summed E-state index contributed by atoms with van der Waals surface area (Å²) in [5.74, 6) is 0. The van der Waals surface area contributed by atoms with Crippen LogP contribution >= 0.6 is 0 Å². The summed E-state index contributed by atoms with van der Waals surface area (Å²) in [5.41, 5.74) is 0. The van der Waals surface area contributed by atoms with E-state index in [0.29, 0.717) is 0 Å². The fourth-order valence-electron chi connectivity index (χ4n) is 0. The molecule has 0 amide bonds. The van der Waals surface area contributed by atoms with Gasteiger partial charge in [0, 0.05) is 0 Å². The Balaban J connectivity index is -0.00000000450. The van der Waals surface area contributed by atoms with Crippen LogP contribution in [0.15, 0.2) is 0 Å². The van der Waals surface area contributed by atoms with Crippen LogP contribution in [0.2, 0.25) is 0 Å². The smallest absolute Gasteiger partial charge is 1.00 e. The van der Waals surface area contributed by atoms with Gasteiger partial charge in [-0.15, -0.1) is 0 Å². The van der Waals surface area contributed by atoms with E-state index >= 15 is 0 Å². The maximum atomic E-state index is 8.25. The predicted molar refractivity (Wildman–Crippen MR) is 22.0 cm³/mol. The first-order valence-electron chi connectivity index (χ1n) is 0.548. The van der Waals surface area contributed by atoms with E-state index in [-0.39, 0.29) is 50.2 Å². The molecule has 36 valence electrons. The van der Waals surface area contributed by atoms with Gasteiger partial charge in [0.2, 0.25) is 0 Å². The molecule has 0 aromatic rings. The minimum Gasteiger partial charge on any atom is -1.00 e. The van der Waals surface area contributed by atoms with Crippen molar-refractivity contribution < 1.29 is 32.3 Å². The number of rotatable bonds is 0. The van der Waals surface area contributed by atoms with Gasteiger partial charge in [0.25, 0.3) is 0 Å². The van der Waals surface area contributed by atoms with E-state index in [2.05, 4.69) is 0 Å². The van der Waals surface area contributed by atoms with E-state index in [0.717, 1.165) is 0 Å². The molecule has 0 spiro atoms. The van der Waals surface area contributed by atoms with Crippen LogP contribution in [0.3, 0.4) is 0 Å². The summed E-state index contributed by atoms with van der Waals surface area (Å²) < 4.78 is 0. The van der Waals surface area contributed by atoms with Crippen LogP contribution in [0.4, 0.5) is 0 Å². The van der Waals surface area contributed by atoms with Gasteiger partial charge in [0.15, 0.2) is 0 Å². The van der Waals surface area contributed by atoms with E-state index in [1.165, 1.54) is 0 Å². The zero-order chi connectivity index (χ0) is 3.58. The van der Waals surface area contributed by atoms with Gasteiger partial charge < -0.3 is 23.7 Å². The second-order valence-electron chi connectivity index (χ2n) is 0.224. The van der Waals surface area contributed by atoms with Gasteiger partial charge in [0.05, 0.1) is 5.09 Å². The summed E-state index contributed by atoms with van der Waals surface area (Å²) in [6, 6.07) is 0. The molecule has 0 aromatic carbocycles. The second-order valence-corrected chi connectivity index (χ2v) is 0.224. The van der Waals surface area contributed by atoms with Crippen LogP contribution in [0.5, 0.6) is 0 Å². The fourth-order valence-corrected chi connectivity index (χ4v) is 0. The molecule has 0 saturated carbocycles. The third-order valence-corrected chi connectivity index (χ3v) is 0. The normalized spacial score (nSPS) is 3.43. The maximum absolute atomic E-state index is 8.25. The minimum absolute atomic E-state index is 0. The molecule has 0 aliphatic rings. The summed E-state index contributed by atoms with van der Waals surface area (Å²) in [6.45, 7) is 0. The molecule has 0 rings (SSSR count). The van der Waals surface area contributed by atoms with Crippen molar-refractivity contribution >= 4 is 23.1 Å². The van der Waals surface area contributed by atoms with Crippen molar-refractivity contribution in [3.8, 4) is 0 Å². The average Bonchev–Trinajstić information content (AvgIpc) is 0.811. The third-order valence-electron chi connectivity index (χ3n) is 0. The number of nitrogens with zero attached hydrogens (tertiary/aromatic N) is 1. The zero-order valence-corrected chi connectivity index (χ0v) is 5.29. The Labute approximate surface area is 70.8 Å². The topological polar surface area (TPSA) is 97.7 Å². The molecule has 2 N–H and O–H groups in total. The van der Waals surface area contributed by atoms with Gasteiger partial charge in [-0.3, -0.25) is 0 Å². The minimum atomic E-state index is -1.75. The SMILES string of the molecule is O.O=[N+]([O-])[O-].[H-].[H-].[Li+].[Mg+2]. The Morgan fingerprint density at radius 3 is 1.43 bits per heavy atom. The van der Waals surface area contributed by atoms with Crippen molar-refractivity contribution in [1.82, 2.24) is 0 Å². The van der Waals surface area contributed by atoms with Crippen molar-refractivity contribution in [2.24, 2.45) is 0 Å². The van der Waals surface area contributed by atoms with E-state index in [1.807, 2.05) is 0 Å². The Bertz CT molecular complexity index is 41.5. The van der Waals surface area contributed by atoms with Gasteiger partial charge in [0.1, 0.15) is 0 Å². The molecule has 0 aromatic heterocycles.